The SMILES string of the molecule is CCNCc1cc2c(n(C(C)CC)c1=O)CCCC2. The lowest BCUT2D eigenvalue weighted by molar-refractivity contribution is 0.470. The largest absolute Gasteiger partial charge is 0.313 e. The van der Waals surface area contributed by atoms with Crippen LogP contribution in [0.4, 0.5) is 0 Å². The molecule has 1 atom stereocenters. The summed E-state index contributed by atoms with van der Waals surface area (Å²) in [5.74, 6) is 0. The third kappa shape index (κ3) is 2.92. The second-order valence-corrected chi connectivity index (χ2v) is 5.56. The van der Waals surface area contributed by atoms with E-state index in [0.717, 1.165) is 31.4 Å². The molecule has 0 saturated carbocycles. The van der Waals surface area contributed by atoms with E-state index in [4.69, 9.17) is 0 Å². The molecule has 0 amide bonds. The molecule has 0 saturated heterocycles. The van der Waals surface area contributed by atoms with Gasteiger partial charge in [-0.2, -0.15) is 0 Å². The van der Waals surface area contributed by atoms with Gasteiger partial charge in [-0.3, -0.25) is 4.79 Å². The van der Waals surface area contributed by atoms with Crippen LogP contribution in [0.1, 0.15) is 62.9 Å². The molecule has 0 aromatic carbocycles. The van der Waals surface area contributed by atoms with E-state index in [1.54, 1.807) is 0 Å². The van der Waals surface area contributed by atoms with Crippen LogP contribution in [-0.4, -0.2) is 11.1 Å². The number of aromatic nitrogens is 1. The summed E-state index contributed by atoms with van der Waals surface area (Å²) >= 11 is 0. The Morgan fingerprint density at radius 2 is 2.05 bits per heavy atom. The summed E-state index contributed by atoms with van der Waals surface area (Å²) < 4.78 is 2.07. The van der Waals surface area contributed by atoms with E-state index in [1.807, 2.05) is 0 Å². The highest BCUT2D eigenvalue weighted by atomic mass is 16.1. The molecule has 0 spiro atoms. The first-order valence-electron chi connectivity index (χ1n) is 7.65. The minimum Gasteiger partial charge on any atom is -0.313 e. The second kappa shape index (κ2) is 6.38. The molecule has 1 aromatic rings. The molecule has 1 aromatic heterocycles. The smallest absolute Gasteiger partial charge is 0.255 e. The zero-order chi connectivity index (χ0) is 13.8. The summed E-state index contributed by atoms with van der Waals surface area (Å²) in [5, 5.41) is 3.28. The Balaban J connectivity index is 2.51. The normalized spacial score (nSPS) is 16.2. The Kier molecular flexibility index (Phi) is 4.81. The van der Waals surface area contributed by atoms with E-state index in [0.29, 0.717) is 12.6 Å². The van der Waals surface area contributed by atoms with Crippen molar-refractivity contribution in [2.75, 3.05) is 6.54 Å². The fraction of sp³-hybridized carbons (Fsp3) is 0.688. The molecule has 1 heterocycles. The van der Waals surface area contributed by atoms with Gasteiger partial charge in [-0.1, -0.05) is 13.8 Å². The minimum atomic E-state index is 0.218. The van der Waals surface area contributed by atoms with Crippen molar-refractivity contribution in [3.05, 3.63) is 33.2 Å². The van der Waals surface area contributed by atoms with E-state index in [-0.39, 0.29) is 5.56 Å². The Labute approximate surface area is 116 Å². The Morgan fingerprint density at radius 1 is 1.32 bits per heavy atom. The van der Waals surface area contributed by atoms with Crippen LogP contribution in [0.3, 0.4) is 0 Å². The lowest BCUT2D eigenvalue weighted by Gasteiger charge is -2.26. The van der Waals surface area contributed by atoms with Gasteiger partial charge >= 0.3 is 0 Å². The van der Waals surface area contributed by atoms with Crippen LogP contribution >= 0.6 is 0 Å². The summed E-state index contributed by atoms with van der Waals surface area (Å²) in [6, 6.07) is 2.46. The summed E-state index contributed by atoms with van der Waals surface area (Å²) in [7, 11) is 0. The number of nitrogens with zero attached hydrogens (tertiary/aromatic N) is 1. The van der Waals surface area contributed by atoms with Crippen molar-refractivity contribution in [3.63, 3.8) is 0 Å². The van der Waals surface area contributed by atoms with Gasteiger partial charge in [0.25, 0.3) is 5.56 Å². The van der Waals surface area contributed by atoms with Gasteiger partial charge < -0.3 is 9.88 Å². The Hall–Kier alpha value is -1.09. The van der Waals surface area contributed by atoms with Crippen molar-refractivity contribution in [2.45, 2.75) is 65.5 Å². The molecule has 1 aliphatic carbocycles. The molecule has 106 valence electrons. The first-order valence-corrected chi connectivity index (χ1v) is 7.65. The van der Waals surface area contributed by atoms with Crippen molar-refractivity contribution in [2.24, 2.45) is 0 Å². The van der Waals surface area contributed by atoms with Crippen molar-refractivity contribution >= 4 is 0 Å². The highest BCUT2D eigenvalue weighted by Crippen LogP contribution is 2.24. The minimum absolute atomic E-state index is 0.218. The molecule has 1 unspecified atom stereocenters. The second-order valence-electron chi connectivity index (χ2n) is 5.56. The number of hydrogen-bond donors (Lipinski definition) is 1. The standard InChI is InChI=1S/C16H26N2O/c1-4-12(3)18-15-9-7-6-8-13(15)10-14(16(18)19)11-17-5-2/h10,12,17H,4-9,11H2,1-3H3. The fourth-order valence-corrected chi connectivity index (χ4v) is 2.93. The van der Waals surface area contributed by atoms with Gasteiger partial charge in [0.05, 0.1) is 0 Å². The molecule has 2 rings (SSSR count). The molecular weight excluding hydrogens is 236 g/mol. The lowest BCUT2D eigenvalue weighted by atomic mass is 9.93. The zero-order valence-electron chi connectivity index (χ0n) is 12.5. The molecular formula is C16H26N2O. The maximum atomic E-state index is 12.7. The summed E-state index contributed by atoms with van der Waals surface area (Å²) in [4.78, 5) is 12.7. The molecule has 0 fully saturated rings. The molecule has 0 aliphatic heterocycles. The van der Waals surface area contributed by atoms with Gasteiger partial charge in [0.2, 0.25) is 0 Å². The van der Waals surface area contributed by atoms with Gasteiger partial charge in [-0.25, -0.2) is 0 Å². The monoisotopic (exact) mass is 262 g/mol. The van der Waals surface area contributed by atoms with Gasteiger partial charge in [-0.05, 0) is 57.2 Å². The summed E-state index contributed by atoms with van der Waals surface area (Å²) in [5.41, 5.74) is 3.85. The Morgan fingerprint density at radius 3 is 2.74 bits per heavy atom. The molecule has 1 N–H and O–H groups in total. The van der Waals surface area contributed by atoms with Crippen LogP contribution in [0.2, 0.25) is 0 Å². The van der Waals surface area contributed by atoms with E-state index in [9.17, 15) is 4.79 Å². The van der Waals surface area contributed by atoms with Crippen molar-refractivity contribution in [1.29, 1.82) is 0 Å². The van der Waals surface area contributed by atoms with Crippen molar-refractivity contribution < 1.29 is 0 Å². The zero-order valence-corrected chi connectivity index (χ0v) is 12.5. The molecule has 1 aliphatic rings. The maximum absolute atomic E-state index is 12.7. The first-order chi connectivity index (χ1) is 9.19. The van der Waals surface area contributed by atoms with Crippen LogP contribution in [-0.2, 0) is 19.4 Å². The summed E-state index contributed by atoms with van der Waals surface area (Å²) in [6.07, 6.45) is 5.68. The number of rotatable bonds is 5. The summed E-state index contributed by atoms with van der Waals surface area (Å²) in [6.45, 7) is 7.99. The average Bonchev–Trinajstić information content (AvgIpc) is 2.44. The number of aryl methyl sites for hydroxylation is 1. The molecule has 0 radical (unpaired) electrons. The van der Waals surface area contributed by atoms with Gasteiger partial charge in [0.15, 0.2) is 0 Å². The van der Waals surface area contributed by atoms with Crippen LogP contribution in [0, 0.1) is 0 Å². The van der Waals surface area contributed by atoms with E-state index >= 15 is 0 Å². The molecule has 3 nitrogen and oxygen atoms in total. The number of hydrogen-bond acceptors (Lipinski definition) is 2. The predicted octanol–water partition coefficient (Wildman–Crippen LogP) is 2.81. The lowest BCUT2D eigenvalue weighted by Crippen LogP contribution is -2.33. The highest BCUT2D eigenvalue weighted by molar-refractivity contribution is 5.29. The van der Waals surface area contributed by atoms with Crippen molar-refractivity contribution in [1.82, 2.24) is 9.88 Å². The number of fused-ring (bicyclic) bond motifs is 1. The van der Waals surface area contributed by atoms with E-state index < -0.39 is 0 Å². The fourth-order valence-electron chi connectivity index (χ4n) is 2.93. The Bertz CT molecular complexity index is 490. The molecule has 3 heteroatoms. The van der Waals surface area contributed by atoms with Gasteiger partial charge in [0.1, 0.15) is 0 Å². The van der Waals surface area contributed by atoms with Crippen molar-refractivity contribution in [3.8, 4) is 0 Å². The number of pyridine rings is 1. The predicted molar refractivity (Wildman–Crippen MR) is 79.7 cm³/mol. The number of nitrogens with one attached hydrogen (secondary N) is 1. The van der Waals surface area contributed by atoms with Crippen LogP contribution in [0.5, 0.6) is 0 Å². The van der Waals surface area contributed by atoms with Crippen LogP contribution in [0.15, 0.2) is 10.9 Å². The first kappa shape index (κ1) is 14.3. The topological polar surface area (TPSA) is 34.0 Å². The van der Waals surface area contributed by atoms with Crippen LogP contribution in [0.25, 0.3) is 0 Å². The highest BCUT2D eigenvalue weighted by Gasteiger charge is 2.19. The molecule has 0 bridgehead atoms. The van der Waals surface area contributed by atoms with Gasteiger partial charge in [0, 0.05) is 23.8 Å². The van der Waals surface area contributed by atoms with E-state index in [1.165, 1.54) is 24.1 Å². The van der Waals surface area contributed by atoms with E-state index in [2.05, 4.69) is 36.7 Å². The third-order valence-electron chi connectivity index (χ3n) is 4.21. The van der Waals surface area contributed by atoms with Crippen LogP contribution < -0.4 is 10.9 Å². The quantitative estimate of drug-likeness (QED) is 0.885. The third-order valence-corrected chi connectivity index (χ3v) is 4.21. The van der Waals surface area contributed by atoms with Gasteiger partial charge in [-0.15, -0.1) is 0 Å². The maximum Gasteiger partial charge on any atom is 0.255 e. The average molecular weight is 262 g/mol. The molecule has 19 heavy (non-hydrogen) atoms.